The molecule has 0 radical (unpaired) electrons. The largest absolute Gasteiger partial charge is 0.594 e. The molecule has 2 aromatic rings. The van der Waals surface area contributed by atoms with Crippen LogP contribution in [0.15, 0.2) is 41.5 Å². The number of nitro benzene ring substituents is 2. The molecule has 0 aliphatic carbocycles. The van der Waals surface area contributed by atoms with Gasteiger partial charge in [0.1, 0.15) is 5.02 Å². The van der Waals surface area contributed by atoms with E-state index >= 15 is 0 Å². The molecule has 0 saturated heterocycles. The highest BCUT2D eigenvalue weighted by Crippen LogP contribution is 2.33. The van der Waals surface area contributed by atoms with Gasteiger partial charge < -0.3 is 5.21 Å². The molecule has 2 rings (SSSR count). The van der Waals surface area contributed by atoms with Crippen LogP contribution in [0.1, 0.15) is 0 Å². The molecule has 0 aliphatic heterocycles. The Bertz CT molecular complexity index is 840. The first-order valence-electron chi connectivity index (χ1n) is 5.86. The summed E-state index contributed by atoms with van der Waals surface area (Å²) in [5, 5.41) is 37.0. The van der Waals surface area contributed by atoms with Gasteiger partial charge in [0.15, 0.2) is 5.69 Å². The summed E-state index contributed by atoms with van der Waals surface area (Å²) in [6, 6.07) is 6.59. The smallest absolute Gasteiger partial charge is 0.276 e. The average Bonchev–Trinajstić information content (AvgIpc) is 2.49. The molecule has 0 amide bonds. The van der Waals surface area contributed by atoms with Gasteiger partial charge >= 0.3 is 0 Å². The summed E-state index contributed by atoms with van der Waals surface area (Å²) in [6.45, 7) is 0. The molecule has 0 bridgehead atoms. The third-order valence-electron chi connectivity index (χ3n) is 2.69. The van der Waals surface area contributed by atoms with Crippen molar-refractivity contribution in [2.24, 2.45) is 5.11 Å². The summed E-state index contributed by atoms with van der Waals surface area (Å²) >= 11 is 11.6. The van der Waals surface area contributed by atoms with E-state index < -0.39 is 9.85 Å². The van der Waals surface area contributed by atoms with Crippen molar-refractivity contribution in [3.63, 3.8) is 0 Å². The lowest BCUT2D eigenvalue weighted by Gasteiger charge is -2.03. The molecule has 23 heavy (non-hydrogen) atoms. The summed E-state index contributed by atoms with van der Waals surface area (Å²) in [4.78, 5) is 20.1. The maximum absolute atomic E-state index is 12.1. The SMILES string of the molecule is O=[N+]([O-])c1ccc(Cl)c(N=[N+]([O-])c2cc([N+](=O)[O-])ccc2Cl)c1. The van der Waals surface area contributed by atoms with Gasteiger partial charge in [-0.15, -0.1) is 0 Å². The van der Waals surface area contributed by atoms with Crippen molar-refractivity contribution in [2.75, 3.05) is 0 Å². The van der Waals surface area contributed by atoms with Crippen LogP contribution in [0.3, 0.4) is 0 Å². The standard InChI is InChI=1S/C12H6Cl2N4O5/c13-9-3-1-7(17(20)21)5-11(9)15-16(19)12-6-8(18(22)23)2-4-10(12)14/h1-6H. The summed E-state index contributed by atoms with van der Waals surface area (Å²) in [5.41, 5.74) is -1.13. The predicted molar refractivity (Wildman–Crippen MR) is 81.6 cm³/mol. The van der Waals surface area contributed by atoms with Crippen LogP contribution in [0.5, 0.6) is 0 Å². The van der Waals surface area contributed by atoms with Crippen LogP contribution in [-0.4, -0.2) is 14.7 Å². The Hall–Kier alpha value is -2.78. The summed E-state index contributed by atoms with van der Waals surface area (Å²) in [5.74, 6) is 0. The van der Waals surface area contributed by atoms with Crippen LogP contribution in [0.2, 0.25) is 10.0 Å². The minimum atomic E-state index is -0.700. The Balaban J connectivity index is 2.52. The number of halogens is 2. The lowest BCUT2D eigenvalue weighted by atomic mass is 10.3. The minimum Gasteiger partial charge on any atom is -0.594 e. The van der Waals surface area contributed by atoms with E-state index in [2.05, 4.69) is 5.11 Å². The van der Waals surface area contributed by atoms with E-state index in [-0.39, 0.29) is 37.7 Å². The Morgan fingerprint density at radius 2 is 1.35 bits per heavy atom. The topological polar surface area (TPSA) is 125 Å². The van der Waals surface area contributed by atoms with Crippen LogP contribution in [0.25, 0.3) is 0 Å². The number of nitrogens with zero attached hydrogens (tertiary/aromatic N) is 4. The number of nitro groups is 2. The molecule has 0 spiro atoms. The van der Waals surface area contributed by atoms with Gasteiger partial charge in [-0.3, -0.25) is 20.2 Å². The molecule has 0 atom stereocenters. The zero-order valence-corrected chi connectivity index (χ0v) is 12.6. The molecule has 0 unspecified atom stereocenters. The molecule has 11 heteroatoms. The highest BCUT2D eigenvalue weighted by atomic mass is 35.5. The molecule has 0 heterocycles. The summed E-state index contributed by atoms with van der Waals surface area (Å²) < 4.78 is 0. The molecule has 0 aliphatic rings. The molecule has 0 N–H and O–H groups in total. The molecule has 9 nitrogen and oxygen atoms in total. The zero-order valence-electron chi connectivity index (χ0n) is 11.1. The van der Waals surface area contributed by atoms with E-state index in [9.17, 15) is 25.4 Å². The molecule has 0 saturated carbocycles. The Morgan fingerprint density at radius 3 is 1.91 bits per heavy atom. The van der Waals surface area contributed by atoms with Crippen molar-refractivity contribution in [1.82, 2.24) is 0 Å². The first kappa shape index (κ1) is 16.6. The summed E-state index contributed by atoms with van der Waals surface area (Å²) in [7, 11) is 0. The minimum absolute atomic E-state index is 0.00185. The highest BCUT2D eigenvalue weighted by Gasteiger charge is 2.18. The Morgan fingerprint density at radius 1 is 0.826 bits per heavy atom. The van der Waals surface area contributed by atoms with Crippen molar-refractivity contribution < 1.29 is 14.7 Å². The van der Waals surface area contributed by atoms with Gasteiger partial charge in [0.25, 0.3) is 17.1 Å². The number of hydrogen-bond acceptors (Lipinski definition) is 6. The monoisotopic (exact) mass is 356 g/mol. The first-order valence-corrected chi connectivity index (χ1v) is 6.62. The molecule has 118 valence electrons. The van der Waals surface area contributed by atoms with E-state index in [1.807, 2.05) is 0 Å². The fourth-order valence-electron chi connectivity index (χ4n) is 1.60. The summed E-state index contributed by atoms with van der Waals surface area (Å²) in [6.07, 6.45) is 0. The average molecular weight is 357 g/mol. The Kier molecular flexibility index (Phi) is 4.72. The van der Waals surface area contributed by atoms with Gasteiger partial charge in [-0.2, -0.15) is 0 Å². The quantitative estimate of drug-likeness (QED) is 0.338. The van der Waals surface area contributed by atoms with Crippen molar-refractivity contribution in [3.8, 4) is 0 Å². The van der Waals surface area contributed by atoms with E-state index in [1.54, 1.807) is 0 Å². The van der Waals surface area contributed by atoms with Gasteiger partial charge in [-0.1, -0.05) is 23.2 Å². The molecule has 0 aromatic heterocycles. The predicted octanol–water partition coefficient (Wildman–Crippen LogP) is 4.74. The lowest BCUT2D eigenvalue weighted by Crippen LogP contribution is -1.95. The number of hydrogen-bond donors (Lipinski definition) is 0. The molecule has 2 aromatic carbocycles. The number of non-ortho nitro benzene ring substituents is 2. The van der Waals surface area contributed by atoms with Crippen molar-refractivity contribution in [2.45, 2.75) is 0 Å². The second-order valence-electron chi connectivity index (χ2n) is 4.16. The van der Waals surface area contributed by atoms with Crippen LogP contribution in [0, 0.1) is 25.4 Å². The third-order valence-corrected chi connectivity index (χ3v) is 3.32. The van der Waals surface area contributed by atoms with Crippen LogP contribution in [0.4, 0.5) is 22.7 Å². The normalized spacial score (nSPS) is 11.3. The number of benzene rings is 2. The van der Waals surface area contributed by atoms with Crippen LogP contribution >= 0.6 is 23.2 Å². The number of azo groups is 1. The Labute approximate surface area is 138 Å². The van der Waals surface area contributed by atoms with Gasteiger partial charge in [-0.25, -0.2) is 0 Å². The van der Waals surface area contributed by atoms with E-state index in [1.165, 1.54) is 12.1 Å². The molecular weight excluding hydrogens is 351 g/mol. The first-order chi connectivity index (χ1) is 10.8. The van der Waals surface area contributed by atoms with Gasteiger partial charge in [0.2, 0.25) is 0 Å². The third kappa shape index (κ3) is 3.71. The van der Waals surface area contributed by atoms with Gasteiger partial charge in [0, 0.05) is 23.3 Å². The van der Waals surface area contributed by atoms with Crippen LogP contribution < -0.4 is 0 Å². The second kappa shape index (κ2) is 6.55. The van der Waals surface area contributed by atoms with Crippen molar-refractivity contribution in [1.29, 1.82) is 0 Å². The van der Waals surface area contributed by atoms with Gasteiger partial charge in [0.05, 0.1) is 20.9 Å². The lowest BCUT2D eigenvalue weighted by molar-refractivity contribution is -0.436. The van der Waals surface area contributed by atoms with Gasteiger partial charge in [-0.05, 0) is 17.0 Å². The maximum atomic E-state index is 12.1. The molecular formula is C12H6Cl2N4O5. The van der Waals surface area contributed by atoms with Crippen molar-refractivity contribution in [3.05, 3.63) is 71.9 Å². The van der Waals surface area contributed by atoms with Crippen molar-refractivity contribution >= 4 is 46.0 Å². The zero-order chi connectivity index (χ0) is 17.1. The van der Waals surface area contributed by atoms with E-state index in [0.717, 1.165) is 24.3 Å². The van der Waals surface area contributed by atoms with E-state index in [4.69, 9.17) is 23.2 Å². The fourth-order valence-corrected chi connectivity index (χ4v) is 1.95. The maximum Gasteiger partial charge on any atom is 0.276 e. The highest BCUT2D eigenvalue weighted by molar-refractivity contribution is 6.33. The molecule has 0 fully saturated rings. The number of rotatable bonds is 4. The second-order valence-corrected chi connectivity index (χ2v) is 4.97. The van der Waals surface area contributed by atoms with Crippen LogP contribution in [-0.2, 0) is 0 Å². The van der Waals surface area contributed by atoms with E-state index in [0.29, 0.717) is 0 Å². The fraction of sp³-hybridized carbons (Fsp3) is 0.